The van der Waals surface area contributed by atoms with Crippen molar-refractivity contribution in [3.63, 3.8) is 0 Å². The molecule has 2 aromatic heterocycles. The molecule has 0 saturated heterocycles. The first-order valence-corrected chi connectivity index (χ1v) is 9.19. The standard InChI is InChI=1S/C22H12ClFN2O3/c23-13-6-4-12(5-7-13)19-18-20(27)15-11-14(24)8-9-16(15)29-21(18)22(28)26(19)17-3-1-2-10-25-17/h1-11,19H/t19-/m1/s1. The summed E-state index contributed by atoms with van der Waals surface area (Å²) < 4.78 is 19.5. The molecule has 5 rings (SSSR count). The maximum Gasteiger partial charge on any atom is 0.296 e. The van der Waals surface area contributed by atoms with E-state index in [1.807, 2.05) is 0 Å². The van der Waals surface area contributed by atoms with E-state index in [2.05, 4.69) is 4.98 Å². The van der Waals surface area contributed by atoms with Gasteiger partial charge in [-0.3, -0.25) is 14.5 Å². The number of benzene rings is 2. The maximum absolute atomic E-state index is 13.8. The number of amides is 1. The third kappa shape index (κ3) is 2.72. The fourth-order valence-corrected chi connectivity index (χ4v) is 3.76. The van der Waals surface area contributed by atoms with Gasteiger partial charge in [0.15, 0.2) is 5.43 Å². The molecule has 7 heteroatoms. The van der Waals surface area contributed by atoms with Gasteiger partial charge in [-0.1, -0.05) is 29.8 Å². The molecular formula is C22H12ClFN2O3. The van der Waals surface area contributed by atoms with Crippen LogP contribution in [0.4, 0.5) is 10.2 Å². The van der Waals surface area contributed by atoms with Gasteiger partial charge in [-0.15, -0.1) is 0 Å². The Morgan fingerprint density at radius 1 is 1.03 bits per heavy atom. The molecule has 1 atom stereocenters. The third-order valence-corrected chi connectivity index (χ3v) is 5.17. The molecule has 1 aliphatic rings. The molecule has 0 radical (unpaired) electrons. The zero-order valence-corrected chi connectivity index (χ0v) is 15.6. The summed E-state index contributed by atoms with van der Waals surface area (Å²) >= 11 is 6.01. The first-order valence-electron chi connectivity index (χ1n) is 8.81. The van der Waals surface area contributed by atoms with E-state index in [0.717, 1.165) is 6.07 Å². The smallest absolute Gasteiger partial charge is 0.296 e. The van der Waals surface area contributed by atoms with E-state index < -0.39 is 23.2 Å². The molecule has 29 heavy (non-hydrogen) atoms. The highest BCUT2D eigenvalue weighted by atomic mass is 35.5. The van der Waals surface area contributed by atoms with Crippen molar-refractivity contribution in [1.29, 1.82) is 0 Å². The molecule has 5 nitrogen and oxygen atoms in total. The molecule has 0 bridgehead atoms. The quantitative estimate of drug-likeness (QED) is 0.482. The van der Waals surface area contributed by atoms with Crippen molar-refractivity contribution < 1.29 is 13.6 Å². The number of halogens is 2. The Morgan fingerprint density at radius 3 is 2.55 bits per heavy atom. The van der Waals surface area contributed by atoms with Crippen LogP contribution in [-0.2, 0) is 0 Å². The fraction of sp³-hybridized carbons (Fsp3) is 0.0455. The van der Waals surface area contributed by atoms with Gasteiger partial charge < -0.3 is 4.42 Å². The van der Waals surface area contributed by atoms with E-state index >= 15 is 0 Å². The predicted octanol–water partition coefficient (Wildman–Crippen LogP) is 4.73. The van der Waals surface area contributed by atoms with Crippen LogP contribution in [-0.4, -0.2) is 10.9 Å². The Morgan fingerprint density at radius 2 is 1.83 bits per heavy atom. The summed E-state index contributed by atoms with van der Waals surface area (Å²) in [5.74, 6) is -0.737. The molecule has 0 unspecified atom stereocenters. The lowest BCUT2D eigenvalue weighted by atomic mass is 9.98. The van der Waals surface area contributed by atoms with Crippen molar-refractivity contribution in [2.75, 3.05) is 4.90 Å². The number of rotatable bonds is 2. The van der Waals surface area contributed by atoms with Gasteiger partial charge in [-0.25, -0.2) is 9.37 Å². The Bertz CT molecular complexity index is 1320. The van der Waals surface area contributed by atoms with Gasteiger partial charge in [-0.2, -0.15) is 0 Å². The fourth-order valence-electron chi connectivity index (χ4n) is 3.64. The lowest BCUT2D eigenvalue weighted by Crippen LogP contribution is -2.30. The van der Waals surface area contributed by atoms with E-state index in [-0.39, 0.29) is 22.3 Å². The number of pyridine rings is 1. The Kier molecular flexibility index (Phi) is 3.96. The minimum atomic E-state index is -0.770. The molecule has 142 valence electrons. The number of fused-ring (bicyclic) bond motifs is 2. The molecule has 0 saturated carbocycles. The van der Waals surface area contributed by atoms with Crippen LogP contribution in [0.2, 0.25) is 5.02 Å². The SMILES string of the molecule is O=C1c2oc3ccc(F)cc3c(=O)c2[C@@H](c2ccc(Cl)cc2)N1c1ccccn1. The Balaban J connectivity index is 1.83. The summed E-state index contributed by atoms with van der Waals surface area (Å²) in [6.07, 6.45) is 1.56. The van der Waals surface area contributed by atoms with Crippen molar-refractivity contribution in [2.45, 2.75) is 6.04 Å². The highest BCUT2D eigenvalue weighted by Crippen LogP contribution is 2.40. The van der Waals surface area contributed by atoms with Gasteiger partial charge in [-0.05, 0) is 48.0 Å². The van der Waals surface area contributed by atoms with Crippen molar-refractivity contribution in [1.82, 2.24) is 4.98 Å². The summed E-state index contributed by atoms with van der Waals surface area (Å²) in [6, 6.07) is 14.9. The number of carbonyl (C=O) groups excluding carboxylic acids is 1. The predicted molar refractivity (Wildman–Crippen MR) is 107 cm³/mol. The van der Waals surface area contributed by atoms with Crippen molar-refractivity contribution in [3.05, 3.63) is 105 Å². The molecule has 1 aliphatic heterocycles. The normalized spacial score (nSPS) is 15.7. The largest absolute Gasteiger partial charge is 0.450 e. The van der Waals surface area contributed by atoms with Crippen molar-refractivity contribution >= 4 is 34.3 Å². The molecule has 0 fully saturated rings. The van der Waals surface area contributed by atoms with Crippen LogP contribution in [0, 0.1) is 5.82 Å². The Labute approximate surface area is 169 Å². The van der Waals surface area contributed by atoms with Gasteiger partial charge in [0.25, 0.3) is 5.91 Å². The average molecular weight is 407 g/mol. The molecule has 4 aromatic rings. The lowest BCUT2D eigenvalue weighted by Gasteiger charge is -2.24. The van der Waals surface area contributed by atoms with E-state index in [9.17, 15) is 14.0 Å². The van der Waals surface area contributed by atoms with Crippen LogP contribution in [0.25, 0.3) is 11.0 Å². The molecule has 0 N–H and O–H groups in total. The minimum absolute atomic E-state index is 0.0697. The minimum Gasteiger partial charge on any atom is -0.450 e. The maximum atomic E-state index is 13.8. The van der Waals surface area contributed by atoms with Gasteiger partial charge in [0, 0.05) is 11.2 Å². The van der Waals surface area contributed by atoms with Gasteiger partial charge in [0.05, 0.1) is 17.0 Å². The molecule has 3 heterocycles. The molecule has 2 aromatic carbocycles. The monoisotopic (exact) mass is 406 g/mol. The number of hydrogen-bond donors (Lipinski definition) is 0. The van der Waals surface area contributed by atoms with E-state index in [0.29, 0.717) is 16.4 Å². The molecule has 0 aliphatic carbocycles. The van der Waals surface area contributed by atoms with Crippen LogP contribution in [0.1, 0.15) is 27.7 Å². The zero-order chi connectivity index (χ0) is 20.1. The van der Waals surface area contributed by atoms with Gasteiger partial charge in [0.2, 0.25) is 5.76 Å². The third-order valence-electron chi connectivity index (χ3n) is 4.91. The molecule has 0 spiro atoms. The second-order valence-electron chi connectivity index (χ2n) is 6.63. The number of aromatic nitrogens is 1. The van der Waals surface area contributed by atoms with Gasteiger partial charge >= 0.3 is 0 Å². The molecule has 1 amide bonds. The van der Waals surface area contributed by atoms with E-state index in [1.165, 1.54) is 17.0 Å². The first kappa shape index (κ1) is 17.6. The summed E-state index contributed by atoms with van der Waals surface area (Å²) in [7, 11) is 0. The zero-order valence-electron chi connectivity index (χ0n) is 14.8. The number of nitrogens with zero attached hydrogens (tertiary/aromatic N) is 2. The number of anilines is 1. The first-order chi connectivity index (χ1) is 14.0. The van der Waals surface area contributed by atoms with Crippen LogP contribution < -0.4 is 10.3 Å². The second-order valence-corrected chi connectivity index (χ2v) is 7.07. The van der Waals surface area contributed by atoms with E-state index in [4.69, 9.17) is 16.0 Å². The number of hydrogen-bond acceptors (Lipinski definition) is 4. The van der Waals surface area contributed by atoms with Crippen LogP contribution >= 0.6 is 11.6 Å². The average Bonchev–Trinajstić information content (AvgIpc) is 3.03. The summed E-state index contributed by atoms with van der Waals surface area (Å²) in [5.41, 5.74) is 0.519. The second kappa shape index (κ2) is 6.53. The number of carbonyl (C=O) groups is 1. The summed E-state index contributed by atoms with van der Waals surface area (Å²) in [6.45, 7) is 0. The summed E-state index contributed by atoms with van der Waals surface area (Å²) in [4.78, 5) is 32.2. The topological polar surface area (TPSA) is 63.4 Å². The molecular weight excluding hydrogens is 395 g/mol. The van der Waals surface area contributed by atoms with Gasteiger partial charge in [0.1, 0.15) is 17.2 Å². The van der Waals surface area contributed by atoms with E-state index in [1.54, 1.807) is 48.7 Å². The van der Waals surface area contributed by atoms with Crippen LogP contribution in [0.3, 0.4) is 0 Å². The Hall–Kier alpha value is -3.51. The van der Waals surface area contributed by atoms with Crippen molar-refractivity contribution in [2.24, 2.45) is 0 Å². The van der Waals surface area contributed by atoms with Crippen LogP contribution in [0.5, 0.6) is 0 Å². The lowest BCUT2D eigenvalue weighted by molar-refractivity contribution is 0.0970. The highest BCUT2D eigenvalue weighted by molar-refractivity contribution is 6.30. The summed E-state index contributed by atoms with van der Waals surface area (Å²) in [5, 5.41) is 0.605. The highest BCUT2D eigenvalue weighted by Gasteiger charge is 2.44. The van der Waals surface area contributed by atoms with Crippen molar-refractivity contribution in [3.8, 4) is 0 Å². The van der Waals surface area contributed by atoms with Crippen LogP contribution in [0.15, 0.2) is 76.1 Å².